The van der Waals surface area contributed by atoms with Crippen molar-refractivity contribution in [3.05, 3.63) is 34.2 Å². The highest BCUT2D eigenvalue weighted by Crippen LogP contribution is 2.36. The van der Waals surface area contributed by atoms with Gasteiger partial charge in [-0.25, -0.2) is 0 Å². The minimum Gasteiger partial charge on any atom is -0.398 e. The second kappa shape index (κ2) is 5.00. The number of carbonyl (C=O) groups excluding carboxylic acids is 1. The summed E-state index contributed by atoms with van der Waals surface area (Å²) in [5, 5.41) is 3.96. The van der Waals surface area contributed by atoms with Gasteiger partial charge in [-0.05, 0) is 49.9 Å². The molecule has 2 rings (SSSR count). The third-order valence-corrected chi connectivity index (χ3v) is 3.67. The van der Waals surface area contributed by atoms with Crippen molar-refractivity contribution in [1.29, 1.82) is 0 Å². The molecule has 1 aromatic heterocycles. The summed E-state index contributed by atoms with van der Waals surface area (Å²) in [7, 11) is 0. The van der Waals surface area contributed by atoms with Crippen LogP contribution in [0.5, 0.6) is 0 Å². The third-order valence-electron chi connectivity index (χ3n) is 3.67. The molecule has 0 saturated heterocycles. The van der Waals surface area contributed by atoms with Gasteiger partial charge < -0.3 is 16.0 Å². The number of carbonyl (C=O) groups is 1. The van der Waals surface area contributed by atoms with Crippen LogP contribution in [0.15, 0.2) is 10.6 Å². The van der Waals surface area contributed by atoms with E-state index in [0.29, 0.717) is 17.0 Å². The number of primary amides is 1. The lowest BCUT2D eigenvalue weighted by atomic mass is 9.90. The van der Waals surface area contributed by atoms with E-state index >= 15 is 0 Å². The van der Waals surface area contributed by atoms with Crippen molar-refractivity contribution in [1.82, 2.24) is 5.16 Å². The molecule has 4 N–H and O–H groups in total. The third kappa shape index (κ3) is 2.05. The van der Waals surface area contributed by atoms with Gasteiger partial charge in [0.2, 0.25) is 5.91 Å². The van der Waals surface area contributed by atoms with Crippen LogP contribution in [-0.2, 0) is 6.42 Å². The van der Waals surface area contributed by atoms with Gasteiger partial charge >= 0.3 is 0 Å². The van der Waals surface area contributed by atoms with Crippen LogP contribution < -0.4 is 11.5 Å². The number of aromatic nitrogens is 1. The largest absolute Gasteiger partial charge is 0.398 e. The van der Waals surface area contributed by atoms with Crippen molar-refractivity contribution in [2.75, 3.05) is 5.73 Å². The zero-order valence-electron chi connectivity index (χ0n) is 12.2. The van der Waals surface area contributed by atoms with Gasteiger partial charge in [0, 0.05) is 16.8 Å². The van der Waals surface area contributed by atoms with E-state index in [4.69, 9.17) is 16.0 Å². The summed E-state index contributed by atoms with van der Waals surface area (Å²) in [6.45, 7) is 7.54. The summed E-state index contributed by atoms with van der Waals surface area (Å²) in [5.41, 5.74) is 16.9. The zero-order valence-corrected chi connectivity index (χ0v) is 12.2. The molecule has 5 heteroatoms. The minimum absolute atomic E-state index is 0.440. The Labute approximate surface area is 117 Å². The van der Waals surface area contributed by atoms with Crippen molar-refractivity contribution in [3.63, 3.8) is 0 Å². The number of rotatable bonds is 3. The number of hydrogen-bond donors (Lipinski definition) is 2. The van der Waals surface area contributed by atoms with Crippen molar-refractivity contribution >= 4 is 11.6 Å². The maximum Gasteiger partial charge on any atom is 0.249 e. The number of amides is 1. The van der Waals surface area contributed by atoms with Gasteiger partial charge in [-0.15, -0.1) is 0 Å². The van der Waals surface area contributed by atoms with Gasteiger partial charge in [0.05, 0.1) is 5.69 Å². The predicted octanol–water partition coefficient (Wildman–Crippen LogP) is 2.51. The fourth-order valence-corrected chi connectivity index (χ4v) is 2.58. The predicted molar refractivity (Wildman–Crippen MR) is 78.5 cm³/mol. The highest BCUT2D eigenvalue weighted by Gasteiger charge is 2.20. The highest BCUT2D eigenvalue weighted by molar-refractivity contribution is 5.98. The second-order valence-corrected chi connectivity index (χ2v) is 4.91. The van der Waals surface area contributed by atoms with Crippen LogP contribution in [0.2, 0.25) is 0 Å². The Morgan fingerprint density at radius 3 is 2.45 bits per heavy atom. The van der Waals surface area contributed by atoms with Gasteiger partial charge in [0.15, 0.2) is 0 Å². The number of anilines is 1. The first-order chi connectivity index (χ1) is 9.38. The average Bonchev–Trinajstić information content (AvgIpc) is 2.72. The van der Waals surface area contributed by atoms with Gasteiger partial charge in [0.25, 0.3) is 0 Å². The first kappa shape index (κ1) is 14.1. The smallest absolute Gasteiger partial charge is 0.249 e. The zero-order chi connectivity index (χ0) is 15.0. The maximum atomic E-state index is 11.6. The summed E-state index contributed by atoms with van der Waals surface area (Å²) in [6, 6.07) is 1.79. The summed E-state index contributed by atoms with van der Waals surface area (Å²) >= 11 is 0. The first-order valence-electron chi connectivity index (χ1n) is 6.53. The number of aryl methyl sites for hydroxylation is 2. The second-order valence-electron chi connectivity index (χ2n) is 4.91. The molecule has 0 saturated carbocycles. The van der Waals surface area contributed by atoms with Crippen molar-refractivity contribution in [2.24, 2.45) is 5.73 Å². The molecule has 1 aromatic carbocycles. The fourth-order valence-electron chi connectivity index (χ4n) is 2.58. The number of hydrogen-bond acceptors (Lipinski definition) is 4. The summed E-state index contributed by atoms with van der Waals surface area (Å²) < 4.78 is 5.21. The molecule has 2 aromatic rings. The number of nitrogens with zero attached hydrogens (tertiary/aromatic N) is 1. The topological polar surface area (TPSA) is 95.1 Å². The van der Waals surface area contributed by atoms with Gasteiger partial charge in [-0.1, -0.05) is 12.1 Å². The lowest BCUT2D eigenvalue weighted by molar-refractivity contribution is 0.1000. The molecule has 1 heterocycles. The molecule has 0 bridgehead atoms. The molecule has 0 aliphatic rings. The number of benzene rings is 1. The van der Waals surface area contributed by atoms with E-state index in [9.17, 15) is 4.79 Å². The lowest BCUT2D eigenvalue weighted by Crippen LogP contribution is -2.15. The molecular formula is C15H19N3O2. The standard InChI is InChI=1S/C15H19N3O2/c1-5-10-12(13-8(3)18-20-9(13)4)6-11(15(17)19)7(2)14(10)16/h6H,5,16H2,1-4H3,(H2,17,19). The Hall–Kier alpha value is -2.30. The van der Waals surface area contributed by atoms with Gasteiger partial charge in [0.1, 0.15) is 5.76 Å². The molecule has 1 amide bonds. The van der Waals surface area contributed by atoms with Crippen LogP contribution in [0, 0.1) is 20.8 Å². The van der Waals surface area contributed by atoms with E-state index in [1.165, 1.54) is 0 Å². The van der Waals surface area contributed by atoms with Crippen LogP contribution in [0.4, 0.5) is 5.69 Å². The normalized spacial score (nSPS) is 10.8. The Morgan fingerprint density at radius 2 is 2.00 bits per heavy atom. The van der Waals surface area contributed by atoms with Crippen LogP contribution in [0.1, 0.15) is 39.9 Å². The number of nitrogen functional groups attached to an aromatic ring is 1. The van der Waals surface area contributed by atoms with Crippen LogP contribution in [0.3, 0.4) is 0 Å². The monoisotopic (exact) mass is 273 g/mol. The van der Waals surface area contributed by atoms with E-state index in [-0.39, 0.29) is 0 Å². The van der Waals surface area contributed by atoms with Crippen molar-refractivity contribution < 1.29 is 9.32 Å². The Bertz CT molecular complexity index is 667. The van der Waals surface area contributed by atoms with Gasteiger partial charge in [-0.2, -0.15) is 0 Å². The van der Waals surface area contributed by atoms with Crippen LogP contribution >= 0.6 is 0 Å². The van der Waals surface area contributed by atoms with E-state index in [1.54, 1.807) is 6.07 Å². The van der Waals surface area contributed by atoms with E-state index in [2.05, 4.69) is 5.16 Å². The molecular weight excluding hydrogens is 254 g/mol. The highest BCUT2D eigenvalue weighted by atomic mass is 16.5. The average molecular weight is 273 g/mol. The van der Waals surface area contributed by atoms with Crippen molar-refractivity contribution in [3.8, 4) is 11.1 Å². The summed E-state index contributed by atoms with van der Waals surface area (Å²) in [5.74, 6) is 0.223. The molecule has 0 spiro atoms. The molecule has 0 unspecified atom stereocenters. The summed E-state index contributed by atoms with van der Waals surface area (Å²) in [4.78, 5) is 11.6. The molecule has 106 valence electrons. The lowest BCUT2D eigenvalue weighted by Gasteiger charge is -2.16. The molecule has 0 aliphatic heterocycles. The maximum absolute atomic E-state index is 11.6. The van der Waals surface area contributed by atoms with E-state index < -0.39 is 5.91 Å². The number of nitrogens with two attached hydrogens (primary N) is 2. The quantitative estimate of drug-likeness (QED) is 0.840. The van der Waals surface area contributed by atoms with E-state index in [1.807, 2.05) is 27.7 Å². The Kier molecular flexibility index (Phi) is 3.53. The molecule has 20 heavy (non-hydrogen) atoms. The first-order valence-corrected chi connectivity index (χ1v) is 6.53. The Balaban J connectivity index is 2.85. The van der Waals surface area contributed by atoms with Crippen LogP contribution in [0.25, 0.3) is 11.1 Å². The van der Waals surface area contributed by atoms with Crippen LogP contribution in [-0.4, -0.2) is 11.1 Å². The van der Waals surface area contributed by atoms with Crippen molar-refractivity contribution in [2.45, 2.75) is 34.1 Å². The fraction of sp³-hybridized carbons (Fsp3) is 0.333. The summed E-state index contributed by atoms with van der Waals surface area (Å²) in [6.07, 6.45) is 0.755. The molecule has 0 aliphatic carbocycles. The van der Waals surface area contributed by atoms with Gasteiger partial charge in [-0.3, -0.25) is 4.79 Å². The molecule has 0 atom stereocenters. The SMILES string of the molecule is CCc1c(-c2c(C)noc2C)cc(C(N)=O)c(C)c1N. The van der Waals surface area contributed by atoms with E-state index in [0.717, 1.165) is 34.4 Å². The molecule has 0 fully saturated rings. The molecule has 5 nitrogen and oxygen atoms in total. The molecule has 0 radical (unpaired) electrons. The Morgan fingerprint density at radius 1 is 1.35 bits per heavy atom. The minimum atomic E-state index is -0.482.